The molecular weight excluding hydrogens is 387 g/mol. The van der Waals surface area contributed by atoms with Gasteiger partial charge in [-0.1, -0.05) is 34.1 Å². The fourth-order valence-electron chi connectivity index (χ4n) is 2.21. The minimum Gasteiger partial charge on any atom is -0.489 e. The Morgan fingerprint density at radius 1 is 1.32 bits per heavy atom. The molecule has 2 N–H and O–H groups in total. The fourth-order valence-corrected chi connectivity index (χ4v) is 2.54. The number of imidazole rings is 1. The molecule has 0 atom stereocenters. The summed E-state index contributed by atoms with van der Waals surface area (Å²) in [4.78, 5) is 4.08. The Labute approximate surface area is 153 Å². The number of hydrogen-bond acceptors (Lipinski definition) is 4. The van der Waals surface area contributed by atoms with Crippen molar-refractivity contribution in [1.82, 2.24) is 9.66 Å². The van der Waals surface area contributed by atoms with Crippen molar-refractivity contribution in [1.29, 1.82) is 0 Å². The molecule has 0 bridgehead atoms. The monoisotopic (exact) mass is 402 g/mol. The van der Waals surface area contributed by atoms with Crippen molar-refractivity contribution in [2.24, 2.45) is 5.10 Å². The van der Waals surface area contributed by atoms with Gasteiger partial charge < -0.3 is 10.5 Å². The number of hydrogen-bond donors (Lipinski definition) is 1. The smallest absolute Gasteiger partial charge is 0.221 e. The SMILES string of the molecule is Cc1cn(N=Cc2cccc(OCc3ccc(Br)cc3F)c2)c(N)n1. The topological polar surface area (TPSA) is 65.4 Å². The van der Waals surface area contributed by atoms with Crippen LogP contribution in [0.25, 0.3) is 0 Å². The summed E-state index contributed by atoms with van der Waals surface area (Å²) in [5.74, 6) is 0.644. The van der Waals surface area contributed by atoms with Crippen molar-refractivity contribution in [3.05, 3.63) is 75.8 Å². The average molecular weight is 403 g/mol. The lowest BCUT2D eigenvalue weighted by Crippen LogP contribution is -1.99. The molecule has 0 saturated heterocycles. The summed E-state index contributed by atoms with van der Waals surface area (Å²) >= 11 is 3.23. The minimum atomic E-state index is -0.307. The minimum absolute atomic E-state index is 0.146. The molecule has 0 radical (unpaired) electrons. The molecule has 25 heavy (non-hydrogen) atoms. The molecule has 1 heterocycles. The number of nitrogen functional groups attached to an aromatic ring is 1. The standard InChI is InChI=1S/C18H16BrFN4O/c1-12-10-24(18(21)23-12)22-9-13-3-2-4-16(7-13)25-11-14-5-6-15(19)8-17(14)20/h2-10H,11H2,1H3,(H2,21,23). The van der Waals surface area contributed by atoms with Gasteiger partial charge in [0.05, 0.1) is 18.1 Å². The van der Waals surface area contributed by atoms with Crippen LogP contribution in [0.4, 0.5) is 10.3 Å². The Morgan fingerprint density at radius 2 is 2.16 bits per heavy atom. The van der Waals surface area contributed by atoms with Crippen LogP contribution in [-0.2, 0) is 6.61 Å². The zero-order valence-electron chi connectivity index (χ0n) is 13.5. The molecule has 5 nitrogen and oxygen atoms in total. The number of nitrogens with zero attached hydrogens (tertiary/aromatic N) is 3. The van der Waals surface area contributed by atoms with Gasteiger partial charge in [0.15, 0.2) is 0 Å². The molecule has 0 aliphatic carbocycles. The van der Waals surface area contributed by atoms with Crippen LogP contribution in [0.5, 0.6) is 5.75 Å². The van der Waals surface area contributed by atoms with E-state index < -0.39 is 0 Å². The van der Waals surface area contributed by atoms with Gasteiger partial charge in [0.25, 0.3) is 0 Å². The molecule has 0 unspecified atom stereocenters. The summed E-state index contributed by atoms with van der Waals surface area (Å²) in [6, 6.07) is 12.2. The summed E-state index contributed by atoms with van der Waals surface area (Å²) in [5.41, 5.74) is 7.86. The lowest BCUT2D eigenvalue weighted by atomic mass is 10.2. The zero-order chi connectivity index (χ0) is 17.8. The van der Waals surface area contributed by atoms with Crippen LogP contribution in [0, 0.1) is 12.7 Å². The van der Waals surface area contributed by atoms with E-state index in [0.717, 1.165) is 11.3 Å². The number of rotatable bonds is 5. The number of anilines is 1. The highest BCUT2D eigenvalue weighted by atomic mass is 79.9. The number of halogens is 2. The first-order valence-corrected chi connectivity index (χ1v) is 8.33. The van der Waals surface area contributed by atoms with Gasteiger partial charge in [-0.25, -0.2) is 14.1 Å². The highest BCUT2D eigenvalue weighted by molar-refractivity contribution is 9.10. The predicted molar refractivity (Wildman–Crippen MR) is 99.2 cm³/mol. The van der Waals surface area contributed by atoms with Crippen molar-refractivity contribution in [2.75, 3.05) is 5.73 Å². The van der Waals surface area contributed by atoms with E-state index >= 15 is 0 Å². The molecule has 0 saturated carbocycles. The van der Waals surface area contributed by atoms with Crippen molar-refractivity contribution < 1.29 is 9.13 Å². The predicted octanol–water partition coefficient (Wildman–Crippen LogP) is 4.14. The highest BCUT2D eigenvalue weighted by Crippen LogP contribution is 2.18. The molecular formula is C18H16BrFN4O. The molecule has 0 spiro atoms. The lowest BCUT2D eigenvalue weighted by molar-refractivity contribution is 0.300. The van der Waals surface area contributed by atoms with Gasteiger partial charge in [-0.15, -0.1) is 0 Å². The number of ether oxygens (including phenoxy) is 1. The molecule has 3 aromatic rings. The Kier molecular flexibility index (Phi) is 5.14. The van der Waals surface area contributed by atoms with E-state index in [1.165, 1.54) is 10.7 Å². The maximum Gasteiger partial charge on any atom is 0.221 e. The summed E-state index contributed by atoms with van der Waals surface area (Å²) in [6.45, 7) is 1.99. The number of aromatic nitrogens is 2. The molecule has 3 rings (SSSR count). The highest BCUT2D eigenvalue weighted by Gasteiger charge is 2.04. The van der Waals surface area contributed by atoms with Crippen molar-refractivity contribution >= 4 is 28.1 Å². The van der Waals surface area contributed by atoms with Gasteiger partial charge in [0.1, 0.15) is 18.2 Å². The quantitative estimate of drug-likeness (QED) is 0.652. The summed E-state index contributed by atoms with van der Waals surface area (Å²) < 4.78 is 21.7. The van der Waals surface area contributed by atoms with Gasteiger partial charge in [0, 0.05) is 10.0 Å². The molecule has 0 aliphatic heterocycles. The van der Waals surface area contributed by atoms with Crippen molar-refractivity contribution in [3.63, 3.8) is 0 Å². The van der Waals surface area contributed by atoms with Crippen LogP contribution in [-0.4, -0.2) is 15.9 Å². The van der Waals surface area contributed by atoms with Crippen LogP contribution in [0.3, 0.4) is 0 Å². The van der Waals surface area contributed by atoms with Crippen molar-refractivity contribution in [2.45, 2.75) is 13.5 Å². The van der Waals surface area contributed by atoms with Gasteiger partial charge in [-0.2, -0.15) is 5.10 Å². The average Bonchev–Trinajstić information content (AvgIpc) is 2.90. The molecule has 7 heteroatoms. The number of nitrogens with two attached hydrogens (primary N) is 1. The zero-order valence-corrected chi connectivity index (χ0v) is 15.1. The second-order valence-electron chi connectivity index (χ2n) is 5.43. The third-order valence-electron chi connectivity index (χ3n) is 3.43. The normalized spacial score (nSPS) is 11.2. The van der Waals surface area contributed by atoms with Crippen LogP contribution in [0.15, 0.2) is 58.2 Å². The first-order chi connectivity index (χ1) is 12.0. The van der Waals surface area contributed by atoms with Gasteiger partial charge in [0.2, 0.25) is 5.95 Å². The van der Waals surface area contributed by atoms with Crippen LogP contribution >= 0.6 is 15.9 Å². The molecule has 0 amide bonds. The molecule has 128 valence electrons. The van der Waals surface area contributed by atoms with Gasteiger partial charge in [-0.3, -0.25) is 0 Å². The van der Waals surface area contributed by atoms with E-state index in [1.807, 2.05) is 31.2 Å². The summed E-state index contributed by atoms with van der Waals surface area (Å²) in [5, 5.41) is 4.26. The number of aryl methyl sites for hydroxylation is 1. The maximum absolute atomic E-state index is 13.8. The van der Waals surface area contributed by atoms with Gasteiger partial charge >= 0.3 is 0 Å². The van der Waals surface area contributed by atoms with E-state index in [4.69, 9.17) is 10.5 Å². The molecule has 2 aromatic carbocycles. The Morgan fingerprint density at radius 3 is 2.88 bits per heavy atom. The lowest BCUT2D eigenvalue weighted by Gasteiger charge is -2.08. The van der Waals surface area contributed by atoms with E-state index in [2.05, 4.69) is 26.0 Å². The Hall–Kier alpha value is -2.67. The van der Waals surface area contributed by atoms with Gasteiger partial charge in [-0.05, 0) is 36.8 Å². The molecule has 0 fully saturated rings. The van der Waals surface area contributed by atoms with Crippen LogP contribution < -0.4 is 10.5 Å². The summed E-state index contributed by atoms with van der Waals surface area (Å²) in [7, 11) is 0. The second-order valence-corrected chi connectivity index (χ2v) is 6.34. The van der Waals surface area contributed by atoms with E-state index in [9.17, 15) is 4.39 Å². The Balaban J connectivity index is 1.70. The molecule has 1 aromatic heterocycles. The summed E-state index contributed by atoms with van der Waals surface area (Å²) in [6.07, 6.45) is 3.40. The fraction of sp³-hybridized carbons (Fsp3) is 0.111. The maximum atomic E-state index is 13.8. The van der Waals surface area contributed by atoms with E-state index in [-0.39, 0.29) is 12.4 Å². The first kappa shape index (κ1) is 17.2. The number of benzene rings is 2. The van der Waals surface area contributed by atoms with Crippen LogP contribution in [0.1, 0.15) is 16.8 Å². The molecule has 0 aliphatic rings. The third-order valence-corrected chi connectivity index (χ3v) is 3.93. The van der Waals surface area contributed by atoms with E-state index in [1.54, 1.807) is 24.5 Å². The van der Waals surface area contributed by atoms with Crippen LogP contribution in [0.2, 0.25) is 0 Å². The Bertz CT molecular complexity index is 923. The second kappa shape index (κ2) is 7.48. The third kappa shape index (κ3) is 4.45. The van der Waals surface area contributed by atoms with E-state index in [0.29, 0.717) is 21.7 Å². The largest absolute Gasteiger partial charge is 0.489 e. The first-order valence-electron chi connectivity index (χ1n) is 7.54. The van der Waals surface area contributed by atoms with Crippen molar-refractivity contribution in [3.8, 4) is 5.75 Å².